The highest BCUT2D eigenvalue weighted by molar-refractivity contribution is 9.10. The fourth-order valence-corrected chi connectivity index (χ4v) is 2.09. The first-order chi connectivity index (χ1) is 8.04. The number of aryl methyl sites for hydroxylation is 1. The summed E-state index contributed by atoms with van der Waals surface area (Å²) in [5, 5.41) is 4.21. The van der Waals surface area contributed by atoms with E-state index in [9.17, 15) is 4.39 Å². The third-order valence-corrected chi connectivity index (χ3v) is 3.10. The Balaban J connectivity index is 2.69. The SMILES string of the molecule is COc1c(F)ccc(Br)c1-c1cc(N)n(C)n1. The number of aromatic nitrogens is 2. The van der Waals surface area contributed by atoms with Crippen molar-refractivity contribution in [3.8, 4) is 17.0 Å². The maximum Gasteiger partial charge on any atom is 0.165 e. The van der Waals surface area contributed by atoms with Crippen LogP contribution in [0.2, 0.25) is 0 Å². The van der Waals surface area contributed by atoms with E-state index in [-0.39, 0.29) is 5.75 Å². The second-order valence-electron chi connectivity index (χ2n) is 3.52. The lowest BCUT2D eigenvalue weighted by atomic mass is 10.1. The van der Waals surface area contributed by atoms with Crippen molar-refractivity contribution in [3.63, 3.8) is 0 Å². The summed E-state index contributed by atoms with van der Waals surface area (Å²) in [7, 11) is 3.14. The van der Waals surface area contributed by atoms with Crippen molar-refractivity contribution in [1.82, 2.24) is 9.78 Å². The van der Waals surface area contributed by atoms with Crippen LogP contribution in [0.15, 0.2) is 22.7 Å². The first-order valence-electron chi connectivity index (χ1n) is 4.86. The average Bonchev–Trinajstić information content (AvgIpc) is 2.61. The zero-order chi connectivity index (χ0) is 12.6. The molecule has 0 saturated heterocycles. The van der Waals surface area contributed by atoms with Gasteiger partial charge in [-0.25, -0.2) is 4.39 Å². The van der Waals surface area contributed by atoms with Crippen LogP contribution in [0.25, 0.3) is 11.3 Å². The van der Waals surface area contributed by atoms with Crippen LogP contribution in [0.3, 0.4) is 0 Å². The van der Waals surface area contributed by atoms with Crippen LogP contribution in [0.5, 0.6) is 5.75 Å². The Kier molecular flexibility index (Phi) is 3.06. The standard InChI is InChI=1S/C11H11BrFN3O/c1-16-9(14)5-8(15-16)10-6(12)3-4-7(13)11(10)17-2/h3-5H,14H2,1-2H3. The van der Waals surface area contributed by atoms with Crippen molar-refractivity contribution in [1.29, 1.82) is 0 Å². The van der Waals surface area contributed by atoms with Crippen molar-refractivity contribution in [3.05, 3.63) is 28.5 Å². The van der Waals surface area contributed by atoms with Gasteiger partial charge in [0.1, 0.15) is 5.82 Å². The second-order valence-corrected chi connectivity index (χ2v) is 4.37. The van der Waals surface area contributed by atoms with E-state index in [1.165, 1.54) is 17.9 Å². The molecule has 0 fully saturated rings. The molecule has 0 saturated carbocycles. The molecule has 0 aliphatic heterocycles. The summed E-state index contributed by atoms with van der Waals surface area (Å²) < 4.78 is 20.9. The lowest BCUT2D eigenvalue weighted by Gasteiger charge is -2.09. The van der Waals surface area contributed by atoms with Crippen LogP contribution in [-0.2, 0) is 7.05 Å². The van der Waals surface area contributed by atoms with Crippen molar-refractivity contribution in [2.75, 3.05) is 12.8 Å². The Morgan fingerprint density at radius 1 is 1.47 bits per heavy atom. The zero-order valence-electron chi connectivity index (χ0n) is 9.37. The summed E-state index contributed by atoms with van der Waals surface area (Å²) in [6.07, 6.45) is 0. The first-order valence-corrected chi connectivity index (χ1v) is 5.65. The Morgan fingerprint density at radius 3 is 2.71 bits per heavy atom. The maximum atomic E-state index is 13.6. The number of nitrogen functional groups attached to an aromatic ring is 1. The largest absolute Gasteiger partial charge is 0.493 e. The number of hydrogen-bond donors (Lipinski definition) is 1. The minimum Gasteiger partial charge on any atom is -0.493 e. The minimum absolute atomic E-state index is 0.150. The van der Waals surface area contributed by atoms with Gasteiger partial charge in [-0.15, -0.1) is 0 Å². The van der Waals surface area contributed by atoms with E-state index in [1.54, 1.807) is 19.2 Å². The molecule has 0 radical (unpaired) electrons. The number of methoxy groups -OCH3 is 1. The number of ether oxygens (including phenoxy) is 1. The van der Waals surface area contributed by atoms with E-state index in [0.717, 1.165) is 0 Å². The fourth-order valence-electron chi connectivity index (χ4n) is 1.58. The van der Waals surface area contributed by atoms with Crippen molar-refractivity contribution in [2.45, 2.75) is 0 Å². The Labute approximate surface area is 106 Å². The molecule has 0 unspecified atom stereocenters. The molecule has 0 atom stereocenters. The van der Waals surface area contributed by atoms with Crippen LogP contribution in [0.1, 0.15) is 0 Å². The number of anilines is 1. The number of rotatable bonds is 2. The predicted octanol–water partition coefficient (Wildman–Crippen LogP) is 2.58. The van der Waals surface area contributed by atoms with E-state index in [2.05, 4.69) is 21.0 Å². The molecule has 4 nitrogen and oxygen atoms in total. The smallest absolute Gasteiger partial charge is 0.165 e. The molecule has 90 valence electrons. The Bertz CT molecular complexity index is 549. The third kappa shape index (κ3) is 2.00. The molecule has 2 aromatic rings. The summed E-state index contributed by atoms with van der Waals surface area (Å²) in [5.74, 6) is 0.214. The number of nitrogens with two attached hydrogens (primary N) is 1. The Hall–Kier alpha value is -1.56. The summed E-state index contributed by atoms with van der Waals surface area (Å²) in [6, 6.07) is 4.61. The molecule has 0 spiro atoms. The maximum absolute atomic E-state index is 13.6. The number of hydrogen-bond acceptors (Lipinski definition) is 3. The molecule has 1 heterocycles. The topological polar surface area (TPSA) is 53.1 Å². The summed E-state index contributed by atoms with van der Waals surface area (Å²) in [5.41, 5.74) is 6.83. The van der Waals surface area contributed by atoms with Gasteiger partial charge >= 0.3 is 0 Å². The third-order valence-electron chi connectivity index (χ3n) is 2.44. The number of nitrogens with zero attached hydrogens (tertiary/aromatic N) is 2. The molecule has 6 heteroatoms. The van der Waals surface area contributed by atoms with Gasteiger partial charge in [0.25, 0.3) is 0 Å². The highest BCUT2D eigenvalue weighted by Crippen LogP contribution is 2.38. The van der Waals surface area contributed by atoms with Gasteiger partial charge in [-0.3, -0.25) is 4.68 Å². The van der Waals surface area contributed by atoms with Crippen LogP contribution in [0, 0.1) is 5.82 Å². The fraction of sp³-hybridized carbons (Fsp3) is 0.182. The molecule has 0 aliphatic carbocycles. The molecule has 2 N–H and O–H groups in total. The van der Waals surface area contributed by atoms with Gasteiger partial charge < -0.3 is 10.5 Å². The Morgan fingerprint density at radius 2 is 2.18 bits per heavy atom. The van der Waals surface area contributed by atoms with Gasteiger partial charge in [0.15, 0.2) is 11.6 Å². The van der Waals surface area contributed by atoms with E-state index in [1.807, 2.05) is 0 Å². The zero-order valence-corrected chi connectivity index (χ0v) is 11.0. The normalized spacial score (nSPS) is 10.6. The van der Waals surface area contributed by atoms with Crippen LogP contribution >= 0.6 is 15.9 Å². The van der Waals surface area contributed by atoms with E-state index < -0.39 is 5.82 Å². The van der Waals surface area contributed by atoms with Gasteiger partial charge in [-0.05, 0) is 28.1 Å². The van der Waals surface area contributed by atoms with E-state index in [4.69, 9.17) is 10.5 Å². The minimum atomic E-state index is -0.435. The van der Waals surface area contributed by atoms with Crippen molar-refractivity contribution >= 4 is 21.7 Å². The van der Waals surface area contributed by atoms with Crippen molar-refractivity contribution < 1.29 is 9.13 Å². The lowest BCUT2D eigenvalue weighted by Crippen LogP contribution is -1.97. The van der Waals surface area contributed by atoms with Gasteiger partial charge in [0.05, 0.1) is 18.4 Å². The summed E-state index contributed by atoms with van der Waals surface area (Å²) in [6.45, 7) is 0. The van der Waals surface area contributed by atoms with Crippen LogP contribution < -0.4 is 10.5 Å². The molecule has 2 rings (SSSR count). The molecule has 0 bridgehead atoms. The highest BCUT2D eigenvalue weighted by atomic mass is 79.9. The summed E-state index contributed by atoms with van der Waals surface area (Å²) >= 11 is 3.36. The number of benzene rings is 1. The molecule has 17 heavy (non-hydrogen) atoms. The quantitative estimate of drug-likeness (QED) is 0.927. The average molecular weight is 300 g/mol. The van der Waals surface area contributed by atoms with Gasteiger partial charge in [-0.1, -0.05) is 0 Å². The van der Waals surface area contributed by atoms with E-state index in [0.29, 0.717) is 21.5 Å². The van der Waals surface area contributed by atoms with Gasteiger partial charge in [0, 0.05) is 17.6 Å². The van der Waals surface area contributed by atoms with Gasteiger partial charge in [-0.2, -0.15) is 5.10 Å². The number of halogens is 2. The molecular weight excluding hydrogens is 289 g/mol. The van der Waals surface area contributed by atoms with Crippen LogP contribution in [-0.4, -0.2) is 16.9 Å². The lowest BCUT2D eigenvalue weighted by molar-refractivity contribution is 0.388. The van der Waals surface area contributed by atoms with Crippen LogP contribution in [0.4, 0.5) is 10.2 Å². The molecule has 1 aromatic heterocycles. The monoisotopic (exact) mass is 299 g/mol. The van der Waals surface area contributed by atoms with Gasteiger partial charge in [0.2, 0.25) is 0 Å². The summed E-state index contributed by atoms with van der Waals surface area (Å²) in [4.78, 5) is 0. The second kappa shape index (κ2) is 4.37. The molecule has 1 aromatic carbocycles. The molecule has 0 aliphatic rings. The first kappa shape index (κ1) is 11.9. The molecule has 0 amide bonds. The highest BCUT2D eigenvalue weighted by Gasteiger charge is 2.17. The van der Waals surface area contributed by atoms with Crippen molar-refractivity contribution in [2.24, 2.45) is 7.05 Å². The van der Waals surface area contributed by atoms with E-state index >= 15 is 0 Å². The molecular formula is C11H11BrFN3O. The predicted molar refractivity (Wildman–Crippen MR) is 67.3 cm³/mol.